The molecule has 4 aromatic rings. The van der Waals surface area contributed by atoms with E-state index in [4.69, 9.17) is 4.42 Å². The number of anilines is 1. The summed E-state index contributed by atoms with van der Waals surface area (Å²) in [4.78, 5) is 4.56. The molecule has 0 aliphatic carbocycles. The summed E-state index contributed by atoms with van der Waals surface area (Å²) in [6.07, 6.45) is 0.728. The van der Waals surface area contributed by atoms with Crippen molar-refractivity contribution in [2.24, 2.45) is 0 Å². The van der Waals surface area contributed by atoms with Crippen LogP contribution in [0.25, 0.3) is 11.5 Å². The SMILES string of the molecule is Cc1cccc(-c2nc(S(=O)(=O)c3ccccc3)c(NCCc3ccccc3)o2)c1. The number of sulfone groups is 1. The lowest BCUT2D eigenvalue weighted by atomic mass is 10.1. The third kappa shape index (κ3) is 4.28. The van der Waals surface area contributed by atoms with Crippen molar-refractivity contribution in [1.82, 2.24) is 4.98 Å². The van der Waals surface area contributed by atoms with Crippen LogP contribution < -0.4 is 5.32 Å². The Labute approximate surface area is 176 Å². The van der Waals surface area contributed by atoms with Crippen LogP contribution in [-0.2, 0) is 16.3 Å². The molecule has 3 aromatic carbocycles. The van der Waals surface area contributed by atoms with Crippen LogP contribution in [0.5, 0.6) is 0 Å². The Balaban J connectivity index is 1.69. The average Bonchev–Trinajstić information content (AvgIpc) is 3.20. The lowest BCUT2D eigenvalue weighted by Gasteiger charge is -2.06. The van der Waals surface area contributed by atoms with Crippen LogP contribution in [0, 0.1) is 6.92 Å². The predicted molar refractivity (Wildman–Crippen MR) is 117 cm³/mol. The van der Waals surface area contributed by atoms with Gasteiger partial charge in [-0.05, 0) is 43.2 Å². The normalized spacial score (nSPS) is 11.4. The van der Waals surface area contributed by atoms with Gasteiger partial charge in [0.2, 0.25) is 26.6 Å². The number of hydrogen-bond donors (Lipinski definition) is 1. The van der Waals surface area contributed by atoms with Crippen molar-refractivity contribution in [3.05, 3.63) is 96.1 Å². The topological polar surface area (TPSA) is 72.2 Å². The highest BCUT2D eigenvalue weighted by atomic mass is 32.2. The molecule has 1 heterocycles. The molecule has 1 N–H and O–H groups in total. The maximum atomic E-state index is 13.2. The van der Waals surface area contributed by atoms with E-state index in [1.807, 2.05) is 61.5 Å². The Hall–Kier alpha value is -3.38. The number of rotatable bonds is 7. The van der Waals surface area contributed by atoms with E-state index < -0.39 is 9.84 Å². The average molecular weight is 419 g/mol. The Morgan fingerprint density at radius 2 is 1.60 bits per heavy atom. The fourth-order valence-corrected chi connectivity index (χ4v) is 4.48. The number of oxazole rings is 1. The van der Waals surface area contributed by atoms with E-state index in [2.05, 4.69) is 10.3 Å². The van der Waals surface area contributed by atoms with Gasteiger partial charge in [0.1, 0.15) is 0 Å². The molecule has 0 spiro atoms. The Morgan fingerprint density at radius 1 is 0.900 bits per heavy atom. The van der Waals surface area contributed by atoms with E-state index in [9.17, 15) is 8.42 Å². The van der Waals surface area contributed by atoms with E-state index in [0.29, 0.717) is 6.54 Å². The lowest BCUT2D eigenvalue weighted by molar-refractivity contribution is 0.577. The number of aryl methyl sites for hydroxylation is 1. The van der Waals surface area contributed by atoms with Crippen LogP contribution in [0.4, 0.5) is 5.88 Å². The van der Waals surface area contributed by atoms with Gasteiger partial charge in [-0.3, -0.25) is 0 Å². The first kappa shape index (κ1) is 19.9. The van der Waals surface area contributed by atoms with Gasteiger partial charge in [-0.25, -0.2) is 8.42 Å². The van der Waals surface area contributed by atoms with Crippen LogP contribution in [0.1, 0.15) is 11.1 Å². The van der Waals surface area contributed by atoms with E-state index in [0.717, 1.165) is 23.1 Å². The van der Waals surface area contributed by atoms with Crippen molar-refractivity contribution < 1.29 is 12.8 Å². The monoisotopic (exact) mass is 418 g/mol. The van der Waals surface area contributed by atoms with Gasteiger partial charge >= 0.3 is 0 Å². The summed E-state index contributed by atoms with van der Waals surface area (Å²) in [5.74, 6) is 0.432. The summed E-state index contributed by atoms with van der Waals surface area (Å²) in [5.41, 5.74) is 2.92. The van der Waals surface area contributed by atoms with Gasteiger partial charge in [-0.15, -0.1) is 0 Å². The summed E-state index contributed by atoms with van der Waals surface area (Å²) in [7, 11) is -3.83. The van der Waals surface area contributed by atoms with Gasteiger partial charge in [-0.1, -0.05) is 66.2 Å². The number of aromatic nitrogens is 1. The van der Waals surface area contributed by atoms with Gasteiger partial charge < -0.3 is 9.73 Å². The molecule has 0 amide bonds. The summed E-state index contributed by atoms with van der Waals surface area (Å²) in [6.45, 7) is 2.48. The van der Waals surface area contributed by atoms with Gasteiger partial charge in [0.05, 0.1) is 4.90 Å². The van der Waals surface area contributed by atoms with Gasteiger partial charge in [0, 0.05) is 12.1 Å². The molecule has 0 aliphatic heterocycles. The summed E-state index contributed by atoms with van der Waals surface area (Å²) in [5, 5.41) is 3.04. The highest BCUT2D eigenvalue weighted by molar-refractivity contribution is 7.91. The minimum absolute atomic E-state index is 0.0988. The minimum Gasteiger partial charge on any atom is -0.419 e. The molecule has 0 aliphatic rings. The molecule has 0 saturated carbocycles. The van der Waals surface area contributed by atoms with Gasteiger partial charge in [0.15, 0.2) is 0 Å². The van der Waals surface area contributed by atoms with Crippen LogP contribution in [0.15, 0.2) is 99.3 Å². The predicted octanol–water partition coefficient (Wildman–Crippen LogP) is 5.14. The first-order valence-electron chi connectivity index (χ1n) is 9.70. The van der Waals surface area contributed by atoms with Crippen molar-refractivity contribution >= 4 is 15.7 Å². The second-order valence-corrected chi connectivity index (χ2v) is 8.87. The first-order valence-corrected chi connectivity index (χ1v) is 11.2. The smallest absolute Gasteiger partial charge is 0.233 e. The highest BCUT2D eigenvalue weighted by Gasteiger charge is 2.28. The molecule has 5 nitrogen and oxygen atoms in total. The quantitative estimate of drug-likeness (QED) is 0.450. The minimum atomic E-state index is -3.83. The third-order valence-electron chi connectivity index (χ3n) is 4.71. The fraction of sp³-hybridized carbons (Fsp3) is 0.125. The first-order chi connectivity index (χ1) is 14.5. The zero-order chi connectivity index (χ0) is 21.0. The second-order valence-electron chi connectivity index (χ2n) is 7.00. The maximum absolute atomic E-state index is 13.2. The summed E-state index contributed by atoms with van der Waals surface area (Å²) >= 11 is 0. The van der Waals surface area contributed by atoms with Crippen molar-refractivity contribution in [3.8, 4) is 11.5 Å². The molecule has 0 fully saturated rings. The Bertz CT molecular complexity index is 1230. The maximum Gasteiger partial charge on any atom is 0.233 e. The molecule has 152 valence electrons. The van der Waals surface area contributed by atoms with Crippen LogP contribution in [0.2, 0.25) is 0 Å². The Morgan fingerprint density at radius 3 is 2.30 bits per heavy atom. The molecular weight excluding hydrogens is 396 g/mol. The zero-order valence-electron chi connectivity index (χ0n) is 16.6. The molecular formula is C24H22N2O3S. The molecule has 0 saturated heterocycles. The molecule has 0 atom stereocenters. The van der Waals surface area contributed by atoms with Crippen LogP contribution >= 0.6 is 0 Å². The zero-order valence-corrected chi connectivity index (χ0v) is 17.4. The lowest BCUT2D eigenvalue weighted by Crippen LogP contribution is -2.09. The van der Waals surface area contributed by atoms with E-state index in [1.165, 1.54) is 0 Å². The molecule has 30 heavy (non-hydrogen) atoms. The van der Waals surface area contributed by atoms with Crippen molar-refractivity contribution in [2.75, 3.05) is 11.9 Å². The van der Waals surface area contributed by atoms with Gasteiger partial charge in [0.25, 0.3) is 0 Å². The standard InChI is InChI=1S/C24H22N2O3S/c1-18-9-8-12-20(17-18)22-26-24(30(27,28)21-13-6-3-7-14-21)23(29-22)25-16-15-19-10-4-2-5-11-19/h2-14,17,25H,15-16H2,1H3. The van der Waals surface area contributed by atoms with E-state index >= 15 is 0 Å². The summed E-state index contributed by atoms with van der Waals surface area (Å²) in [6, 6.07) is 25.9. The number of benzene rings is 3. The van der Waals surface area contributed by atoms with Crippen LogP contribution in [0.3, 0.4) is 0 Å². The second kappa shape index (κ2) is 8.55. The number of nitrogens with one attached hydrogen (secondary N) is 1. The summed E-state index contributed by atoms with van der Waals surface area (Å²) < 4.78 is 32.4. The number of nitrogens with zero attached hydrogens (tertiary/aromatic N) is 1. The van der Waals surface area contributed by atoms with Crippen molar-refractivity contribution in [3.63, 3.8) is 0 Å². The van der Waals surface area contributed by atoms with Crippen molar-refractivity contribution in [1.29, 1.82) is 0 Å². The largest absolute Gasteiger partial charge is 0.419 e. The number of hydrogen-bond acceptors (Lipinski definition) is 5. The Kier molecular flexibility index (Phi) is 5.68. The fourth-order valence-electron chi connectivity index (χ4n) is 3.18. The molecule has 6 heteroatoms. The van der Waals surface area contributed by atoms with Gasteiger partial charge in [-0.2, -0.15) is 4.98 Å². The molecule has 0 unspecified atom stereocenters. The molecule has 4 rings (SSSR count). The van der Waals surface area contributed by atoms with E-state index in [1.54, 1.807) is 30.3 Å². The molecule has 1 aromatic heterocycles. The molecule has 0 radical (unpaired) electrons. The highest BCUT2D eigenvalue weighted by Crippen LogP contribution is 2.32. The molecule has 0 bridgehead atoms. The third-order valence-corrected chi connectivity index (χ3v) is 6.39. The van der Waals surface area contributed by atoms with Crippen LogP contribution in [-0.4, -0.2) is 19.9 Å². The van der Waals surface area contributed by atoms with Crippen molar-refractivity contribution in [2.45, 2.75) is 23.3 Å². The van der Waals surface area contributed by atoms with E-state index in [-0.39, 0.29) is 21.7 Å².